The molecule has 0 aliphatic heterocycles. The van der Waals surface area contributed by atoms with Gasteiger partial charge in [-0.3, -0.25) is 4.79 Å². The van der Waals surface area contributed by atoms with Crippen molar-refractivity contribution in [1.82, 2.24) is 9.97 Å². The molecule has 1 aromatic heterocycles. The van der Waals surface area contributed by atoms with Crippen LogP contribution in [0.4, 0.5) is 0 Å². The highest BCUT2D eigenvalue weighted by molar-refractivity contribution is 5.80. The smallest absolute Gasteiger partial charge is 0.258 e. The van der Waals surface area contributed by atoms with Crippen LogP contribution in [0.25, 0.3) is 10.9 Å². The first kappa shape index (κ1) is 26.5. The van der Waals surface area contributed by atoms with Crippen molar-refractivity contribution >= 4 is 10.9 Å². The number of hydrogen-bond acceptors (Lipinski definition) is 5. The van der Waals surface area contributed by atoms with Gasteiger partial charge in [0.15, 0.2) is 0 Å². The minimum absolute atomic E-state index is 0.0729. The lowest BCUT2D eigenvalue weighted by molar-refractivity contribution is -0.207. The molecule has 6 heteroatoms. The van der Waals surface area contributed by atoms with E-state index >= 15 is 0 Å². The summed E-state index contributed by atoms with van der Waals surface area (Å²) < 4.78 is 0. The number of benzene rings is 1. The molecule has 0 bridgehead atoms. The minimum Gasteiger partial charge on any atom is -0.393 e. The number of para-hydroxylation sites is 1. The standard InChI is InChI=1S/C32H46N2O4/c1-17(8-11-27-33-29-18(2)6-5-7-21(29)30(38)34-27)22-9-10-23-28-24(16-26(37)32(22,23)4)31(3)13-12-20(35)14-19(31)15-25(28)36/h5-7,17,19-20,22-26,28,35-37H,8-16H2,1-4H3,(H,33,34,38)/t17-,19+,20-,22-,23+,24?,25-,26+,28+,31+,32-/m1/s1. The third-order valence-corrected chi connectivity index (χ3v) is 12.3. The summed E-state index contributed by atoms with van der Waals surface area (Å²) in [4.78, 5) is 20.5. The van der Waals surface area contributed by atoms with E-state index in [9.17, 15) is 20.1 Å². The van der Waals surface area contributed by atoms with Crippen LogP contribution in [0.1, 0.15) is 83.5 Å². The van der Waals surface area contributed by atoms with Crippen molar-refractivity contribution < 1.29 is 15.3 Å². The molecule has 1 heterocycles. The molecule has 2 aromatic rings. The van der Waals surface area contributed by atoms with Crippen LogP contribution in [0.2, 0.25) is 0 Å². The van der Waals surface area contributed by atoms with E-state index in [-0.39, 0.29) is 40.6 Å². The highest BCUT2D eigenvalue weighted by Crippen LogP contribution is 2.68. The average molecular weight is 523 g/mol. The monoisotopic (exact) mass is 522 g/mol. The van der Waals surface area contributed by atoms with Crippen molar-refractivity contribution in [2.24, 2.45) is 46.3 Å². The third kappa shape index (κ3) is 3.92. The SMILES string of the molecule is Cc1cccc2c(=O)[nH]c(CC[C@@H](C)[C@H]3CC[C@H]4[C@H]5C(C[C@H](O)[C@]34C)[C@@]3(C)CC[C@@H](O)C[C@H]3C[C@H]5O)nc12. The zero-order valence-corrected chi connectivity index (χ0v) is 23.5. The Hall–Kier alpha value is -1.76. The van der Waals surface area contributed by atoms with Gasteiger partial charge in [-0.2, -0.15) is 0 Å². The molecule has 1 unspecified atom stereocenters. The predicted octanol–water partition coefficient (Wildman–Crippen LogP) is 4.76. The number of aliphatic hydroxyl groups is 3. The molecule has 0 saturated heterocycles. The molecule has 11 atom stereocenters. The Labute approximate surface area is 226 Å². The maximum atomic E-state index is 12.7. The van der Waals surface area contributed by atoms with Crippen LogP contribution in [0.15, 0.2) is 23.0 Å². The number of fused-ring (bicyclic) bond motifs is 6. The Bertz CT molecular complexity index is 1260. The number of nitrogens with one attached hydrogen (secondary N) is 1. The Morgan fingerprint density at radius 1 is 1.08 bits per heavy atom. The summed E-state index contributed by atoms with van der Waals surface area (Å²) in [5.41, 5.74) is 1.62. The van der Waals surface area contributed by atoms with E-state index in [1.54, 1.807) is 0 Å². The maximum Gasteiger partial charge on any atom is 0.258 e. The Kier molecular flexibility index (Phi) is 6.56. The summed E-state index contributed by atoms with van der Waals surface area (Å²) in [6.07, 6.45) is 6.99. The Morgan fingerprint density at radius 3 is 2.66 bits per heavy atom. The maximum absolute atomic E-state index is 12.7. The number of aromatic nitrogens is 2. The number of aryl methyl sites for hydroxylation is 2. The molecule has 0 amide bonds. The molecule has 6 rings (SSSR count). The van der Waals surface area contributed by atoms with Gasteiger partial charge in [0.25, 0.3) is 5.56 Å². The van der Waals surface area contributed by atoms with E-state index in [4.69, 9.17) is 4.98 Å². The van der Waals surface area contributed by atoms with Crippen LogP contribution in [0.5, 0.6) is 0 Å². The summed E-state index contributed by atoms with van der Waals surface area (Å²) in [6.45, 7) is 8.99. The van der Waals surface area contributed by atoms with Crippen LogP contribution in [-0.4, -0.2) is 43.6 Å². The second-order valence-electron chi connectivity index (χ2n) is 14.0. The van der Waals surface area contributed by atoms with Gasteiger partial charge in [0.2, 0.25) is 0 Å². The molecule has 4 aliphatic carbocycles. The molecule has 0 spiro atoms. The summed E-state index contributed by atoms with van der Waals surface area (Å²) in [5.74, 6) is 2.72. The molecular weight excluding hydrogens is 476 g/mol. The van der Waals surface area contributed by atoms with Crippen molar-refractivity contribution in [3.63, 3.8) is 0 Å². The van der Waals surface area contributed by atoms with E-state index in [1.165, 1.54) is 0 Å². The summed E-state index contributed by atoms with van der Waals surface area (Å²) in [7, 11) is 0. The molecular formula is C32H46N2O4. The number of aromatic amines is 1. The Morgan fingerprint density at radius 2 is 1.87 bits per heavy atom. The number of H-pyrrole nitrogens is 1. The lowest BCUT2D eigenvalue weighted by Crippen LogP contribution is -2.62. The molecule has 0 radical (unpaired) electrons. The van der Waals surface area contributed by atoms with Crippen LogP contribution in [0, 0.1) is 53.3 Å². The molecule has 1 aromatic carbocycles. The van der Waals surface area contributed by atoms with Gasteiger partial charge in [-0.25, -0.2) is 4.98 Å². The highest BCUT2D eigenvalue weighted by atomic mass is 16.3. The van der Waals surface area contributed by atoms with Gasteiger partial charge in [-0.15, -0.1) is 0 Å². The molecule has 208 valence electrons. The second kappa shape index (κ2) is 9.42. The van der Waals surface area contributed by atoms with Crippen LogP contribution < -0.4 is 5.56 Å². The highest BCUT2D eigenvalue weighted by Gasteiger charge is 2.65. The van der Waals surface area contributed by atoms with Gasteiger partial charge < -0.3 is 20.3 Å². The number of aliphatic hydroxyl groups excluding tert-OH is 3. The van der Waals surface area contributed by atoms with Gasteiger partial charge in [0.1, 0.15) is 5.82 Å². The van der Waals surface area contributed by atoms with Crippen molar-refractivity contribution in [2.75, 3.05) is 0 Å². The van der Waals surface area contributed by atoms with Crippen LogP contribution in [-0.2, 0) is 6.42 Å². The van der Waals surface area contributed by atoms with Crippen LogP contribution >= 0.6 is 0 Å². The minimum atomic E-state index is -0.375. The lowest BCUT2D eigenvalue weighted by Gasteiger charge is -2.63. The van der Waals surface area contributed by atoms with E-state index in [1.807, 2.05) is 25.1 Å². The Balaban J connectivity index is 1.22. The summed E-state index contributed by atoms with van der Waals surface area (Å²) in [6, 6.07) is 5.72. The first-order valence-electron chi connectivity index (χ1n) is 15.1. The topological polar surface area (TPSA) is 106 Å². The van der Waals surface area contributed by atoms with Gasteiger partial charge in [0.05, 0.1) is 29.2 Å². The van der Waals surface area contributed by atoms with E-state index in [0.717, 1.165) is 68.3 Å². The third-order valence-electron chi connectivity index (χ3n) is 12.3. The largest absolute Gasteiger partial charge is 0.393 e. The molecule has 4 aliphatic rings. The van der Waals surface area contributed by atoms with Gasteiger partial charge in [0, 0.05) is 6.42 Å². The van der Waals surface area contributed by atoms with Crippen molar-refractivity contribution in [1.29, 1.82) is 0 Å². The van der Waals surface area contributed by atoms with E-state index in [0.29, 0.717) is 41.4 Å². The lowest BCUT2D eigenvalue weighted by atomic mass is 9.43. The second-order valence-corrected chi connectivity index (χ2v) is 14.0. The number of rotatable bonds is 4. The fraction of sp³-hybridized carbons (Fsp3) is 0.750. The van der Waals surface area contributed by atoms with E-state index < -0.39 is 0 Å². The molecule has 4 N–H and O–H groups in total. The molecule has 4 fully saturated rings. The zero-order valence-electron chi connectivity index (χ0n) is 23.5. The van der Waals surface area contributed by atoms with Crippen LogP contribution in [0.3, 0.4) is 0 Å². The zero-order chi connectivity index (χ0) is 27.0. The predicted molar refractivity (Wildman–Crippen MR) is 149 cm³/mol. The van der Waals surface area contributed by atoms with Gasteiger partial charge in [-0.1, -0.05) is 32.9 Å². The normalized spacial score (nSPS) is 43.3. The number of nitrogens with zero attached hydrogens (tertiary/aromatic N) is 1. The fourth-order valence-corrected chi connectivity index (χ4v) is 10.2. The first-order chi connectivity index (χ1) is 18.0. The van der Waals surface area contributed by atoms with Crippen molar-refractivity contribution in [3.8, 4) is 0 Å². The fourth-order valence-electron chi connectivity index (χ4n) is 10.2. The van der Waals surface area contributed by atoms with Crippen molar-refractivity contribution in [2.45, 2.75) is 104 Å². The number of hydrogen-bond donors (Lipinski definition) is 4. The van der Waals surface area contributed by atoms with E-state index in [2.05, 4.69) is 25.8 Å². The summed E-state index contributed by atoms with van der Waals surface area (Å²) in [5, 5.41) is 34.3. The first-order valence-corrected chi connectivity index (χ1v) is 15.1. The van der Waals surface area contributed by atoms with Gasteiger partial charge >= 0.3 is 0 Å². The molecule has 4 saturated carbocycles. The van der Waals surface area contributed by atoms with Crippen molar-refractivity contribution in [3.05, 3.63) is 39.9 Å². The van der Waals surface area contributed by atoms with Gasteiger partial charge in [-0.05, 0) is 116 Å². The average Bonchev–Trinajstić information content (AvgIpc) is 3.23. The molecule has 6 nitrogen and oxygen atoms in total. The summed E-state index contributed by atoms with van der Waals surface area (Å²) >= 11 is 0. The molecule has 38 heavy (non-hydrogen) atoms. The quantitative estimate of drug-likeness (QED) is 0.463.